The summed E-state index contributed by atoms with van der Waals surface area (Å²) in [5.41, 5.74) is 1.58. The summed E-state index contributed by atoms with van der Waals surface area (Å²) in [5.74, 6) is 7.59. The van der Waals surface area contributed by atoms with E-state index >= 15 is 0 Å². The lowest BCUT2D eigenvalue weighted by Crippen LogP contribution is -1.96. The number of thioether (sulfide) groups is 1. The Hall–Kier alpha value is -0.980. The van der Waals surface area contributed by atoms with E-state index in [-0.39, 0.29) is 12.4 Å². The fourth-order valence-corrected chi connectivity index (χ4v) is 2.60. The number of rotatable bonds is 5. The number of halogens is 1. The predicted octanol–water partition coefficient (Wildman–Crippen LogP) is 3.45. The predicted molar refractivity (Wildman–Crippen MR) is 76.0 cm³/mol. The van der Waals surface area contributed by atoms with Crippen LogP contribution < -0.4 is 0 Å². The Morgan fingerprint density at radius 1 is 1.39 bits per heavy atom. The van der Waals surface area contributed by atoms with Crippen molar-refractivity contribution in [2.75, 3.05) is 12.4 Å². The molecule has 0 saturated carbocycles. The van der Waals surface area contributed by atoms with E-state index in [2.05, 4.69) is 25.7 Å². The summed E-state index contributed by atoms with van der Waals surface area (Å²) in [6.07, 6.45) is 1.17. The van der Waals surface area contributed by atoms with Crippen molar-refractivity contribution in [1.82, 2.24) is 0 Å². The van der Waals surface area contributed by atoms with Gasteiger partial charge in [0.05, 0.1) is 0 Å². The molecule has 0 aliphatic carbocycles. The molecule has 1 aromatic carbocycles. The zero-order valence-corrected chi connectivity index (χ0v) is 11.7. The van der Waals surface area contributed by atoms with Gasteiger partial charge in [0.25, 0.3) is 0 Å². The largest absolute Gasteiger partial charge is 0.384 e. The molecule has 0 heterocycles. The Morgan fingerprint density at radius 2 is 2.17 bits per heavy atom. The Kier molecular flexibility index (Phi) is 6.85. The van der Waals surface area contributed by atoms with E-state index in [1.54, 1.807) is 6.07 Å². The highest BCUT2D eigenvalue weighted by molar-refractivity contribution is 7.98. The van der Waals surface area contributed by atoms with Gasteiger partial charge in [0.2, 0.25) is 0 Å². The van der Waals surface area contributed by atoms with Gasteiger partial charge in [-0.2, -0.15) is 11.8 Å². The summed E-state index contributed by atoms with van der Waals surface area (Å²) in [6.45, 7) is 4.20. The van der Waals surface area contributed by atoms with Gasteiger partial charge in [0.15, 0.2) is 0 Å². The molecule has 18 heavy (non-hydrogen) atoms. The summed E-state index contributed by atoms with van der Waals surface area (Å²) in [5, 5.41) is 8.62. The second-order valence-corrected chi connectivity index (χ2v) is 5.37. The maximum atomic E-state index is 13.4. The fourth-order valence-electron chi connectivity index (χ4n) is 1.44. The Morgan fingerprint density at radius 3 is 2.83 bits per heavy atom. The van der Waals surface area contributed by atoms with E-state index in [1.165, 1.54) is 12.5 Å². The average molecular weight is 266 g/mol. The molecule has 1 nitrogen and oxygen atoms in total. The van der Waals surface area contributed by atoms with Crippen LogP contribution in [-0.2, 0) is 5.75 Å². The monoisotopic (exact) mass is 266 g/mol. The third kappa shape index (κ3) is 5.57. The SMILES string of the molecule is CCC(C)CSCc1cc(F)cc(C#CCO)c1. The molecule has 0 bridgehead atoms. The van der Waals surface area contributed by atoms with E-state index < -0.39 is 0 Å². The van der Waals surface area contributed by atoms with E-state index in [4.69, 9.17) is 5.11 Å². The zero-order chi connectivity index (χ0) is 13.4. The van der Waals surface area contributed by atoms with Gasteiger partial charge in [-0.15, -0.1) is 0 Å². The summed E-state index contributed by atoms with van der Waals surface area (Å²) in [4.78, 5) is 0. The van der Waals surface area contributed by atoms with Crippen LogP contribution in [0.25, 0.3) is 0 Å². The van der Waals surface area contributed by atoms with Gasteiger partial charge >= 0.3 is 0 Å². The molecule has 98 valence electrons. The molecule has 0 amide bonds. The van der Waals surface area contributed by atoms with Crippen molar-refractivity contribution in [2.45, 2.75) is 26.0 Å². The van der Waals surface area contributed by atoms with E-state index in [0.717, 1.165) is 17.1 Å². The molecule has 0 saturated heterocycles. The van der Waals surface area contributed by atoms with Crippen molar-refractivity contribution in [3.63, 3.8) is 0 Å². The van der Waals surface area contributed by atoms with Gasteiger partial charge in [0.1, 0.15) is 12.4 Å². The first-order valence-electron chi connectivity index (χ1n) is 6.12. The lowest BCUT2D eigenvalue weighted by Gasteiger charge is -2.08. The van der Waals surface area contributed by atoms with Gasteiger partial charge in [-0.1, -0.05) is 32.1 Å². The van der Waals surface area contributed by atoms with Crippen LogP contribution in [0.4, 0.5) is 4.39 Å². The van der Waals surface area contributed by atoms with Crippen LogP contribution in [-0.4, -0.2) is 17.5 Å². The van der Waals surface area contributed by atoms with Crippen LogP contribution in [0.5, 0.6) is 0 Å². The maximum absolute atomic E-state index is 13.4. The minimum Gasteiger partial charge on any atom is -0.384 e. The highest BCUT2D eigenvalue weighted by atomic mass is 32.2. The van der Waals surface area contributed by atoms with Crippen LogP contribution in [0.1, 0.15) is 31.4 Å². The van der Waals surface area contributed by atoms with Crippen molar-refractivity contribution in [3.05, 3.63) is 35.1 Å². The van der Waals surface area contributed by atoms with Gasteiger partial charge in [-0.05, 0) is 35.4 Å². The molecule has 1 unspecified atom stereocenters. The molecule has 0 radical (unpaired) electrons. The average Bonchev–Trinajstić information content (AvgIpc) is 2.35. The molecule has 0 fully saturated rings. The summed E-state index contributed by atoms with van der Waals surface area (Å²) < 4.78 is 13.4. The first-order valence-corrected chi connectivity index (χ1v) is 7.28. The van der Waals surface area contributed by atoms with Crippen LogP contribution in [0.15, 0.2) is 18.2 Å². The highest BCUT2D eigenvalue weighted by Crippen LogP contribution is 2.18. The Bertz CT molecular complexity index is 434. The molecule has 0 aliphatic rings. The minimum absolute atomic E-state index is 0.200. The minimum atomic E-state index is -0.265. The molecule has 1 rings (SSSR count). The molecular formula is C15H19FOS. The van der Waals surface area contributed by atoms with Crippen molar-refractivity contribution < 1.29 is 9.50 Å². The lowest BCUT2D eigenvalue weighted by molar-refractivity contribution is 0.350. The van der Waals surface area contributed by atoms with Crippen LogP contribution in [0.3, 0.4) is 0 Å². The van der Waals surface area contributed by atoms with E-state index in [1.807, 2.05) is 17.8 Å². The molecular weight excluding hydrogens is 247 g/mol. The molecule has 0 spiro atoms. The molecule has 1 aromatic rings. The van der Waals surface area contributed by atoms with Crippen LogP contribution >= 0.6 is 11.8 Å². The summed E-state index contributed by atoms with van der Waals surface area (Å²) in [6, 6.07) is 4.83. The topological polar surface area (TPSA) is 20.2 Å². The molecule has 0 aromatic heterocycles. The molecule has 1 atom stereocenters. The second-order valence-electron chi connectivity index (χ2n) is 4.34. The van der Waals surface area contributed by atoms with E-state index in [0.29, 0.717) is 11.5 Å². The smallest absolute Gasteiger partial charge is 0.124 e. The normalized spacial score (nSPS) is 11.8. The van der Waals surface area contributed by atoms with Crippen molar-refractivity contribution in [1.29, 1.82) is 0 Å². The van der Waals surface area contributed by atoms with E-state index in [9.17, 15) is 4.39 Å². The van der Waals surface area contributed by atoms with Gasteiger partial charge in [-0.3, -0.25) is 0 Å². The molecule has 3 heteroatoms. The molecule has 0 aliphatic heterocycles. The number of hydrogen-bond acceptors (Lipinski definition) is 2. The number of benzene rings is 1. The summed E-state index contributed by atoms with van der Waals surface area (Å²) in [7, 11) is 0. The van der Waals surface area contributed by atoms with Crippen molar-refractivity contribution >= 4 is 11.8 Å². The third-order valence-corrected chi connectivity index (χ3v) is 3.98. The first kappa shape index (κ1) is 15.1. The van der Waals surface area contributed by atoms with Crippen molar-refractivity contribution in [3.8, 4) is 11.8 Å². The van der Waals surface area contributed by atoms with Crippen molar-refractivity contribution in [2.24, 2.45) is 5.92 Å². The summed E-state index contributed by atoms with van der Waals surface area (Å²) >= 11 is 1.82. The van der Waals surface area contributed by atoms with Gasteiger partial charge in [-0.25, -0.2) is 4.39 Å². The first-order chi connectivity index (χ1) is 8.65. The number of hydrogen-bond donors (Lipinski definition) is 1. The number of aliphatic hydroxyl groups excluding tert-OH is 1. The maximum Gasteiger partial charge on any atom is 0.124 e. The Balaban J connectivity index is 2.62. The van der Waals surface area contributed by atoms with Gasteiger partial charge in [0, 0.05) is 11.3 Å². The highest BCUT2D eigenvalue weighted by Gasteiger charge is 2.02. The lowest BCUT2D eigenvalue weighted by atomic mass is 10.1. The fraction of sp³-hybridized carbons (Fsp3) is 0.467. The molecule has 1 N–H and O–H groups in total. The Labute approximate surface area is 113 Å². The van der Waals surface area contributed by atoms with Crippen LogP contribution in [0, 0.1) is 23.6 Å². The quantitative estimate of drug-likeness (QED) is 0.824. The zero-order valence-electron chi connectivity index (χ0n) is 10.9. The third-order valence-electron chi connectivity index (χ3n) is 2.64. The van der Waals surface area contributed by atoms with Gasteiger partial charge < -0.3 is 5.11 Å². The standard InChI is InChI=1S/C15H19FOS/c1-3-12(2)10-18-11-14-7-13(5-4-6-17)8-15(16)9-14/h7-9,12,17H,3,6,10-11H2,1-2H3. The second kappa shape index (κ2) is 8.18. The number of aliphatic hydroxyl groups is 1. The van der Waals surface area contributed by atoms with Crippen LogP contribution in [0.2, 0.25) is 0 Å².